The van der Waals surface area contributed by atoms with E-state index < -0.39 is 0 Å². The van der Waals surface area contributed by atoms with E-state index >= 15 is 0 Å². The van der Waals surface area contributed by atoms with E-state index in [2.05, 4.69) is 9.88 Å². The summed E-state index contributed by atoms with van der Waals surface area (Å²) in [5.41, 5.74) is 0.451. The lowest BCUT2D eigenvalue weighted by Gasteiger charge is -2.10. The van der Waals surface area contributed by atoms with Crippen LogP contribution in [-0.2, 0) is 0 Å². The minimum Gasteiger partial charge on any atom is -0.431 e. The summed E-state index contributed by atoms with van der Waals surface area (Å²) in [6.07, 6.45) is 3.82. The molecule has 82 valence electrons. The van der Waals surface area contributed by atoms with Gasteiger partial charge in [-0.3, -0.25) is 4.79 Å². The molecule has 0 N–H and O–H groups in total. The fourth-order valence-electron chi connectivity index (χ4n) is 1.73. The Morgan fingerprint density at radius 1 is 1.47 bits per heavy atom. The van der Waals surface area contributed by atoms with Crippen molar-refractivity contribution in [3.05, 3.63) is 12.0 Å². The Morgan fingerprint density at radius 3 is 2.73 bits per heavy atom. The van der Waals surface area contributed by atoms with E-state index in [1.165, 1.54) is 19.1 Å². The molecule has 0 unspecified atom stereocenters. The summed E-state index contributed by atoms with van der Waals surface area (Å²) in [6, 6.07) is 0.594. The predicted molar refractivity (Wildman–Crippen MR) is 57.1 cm³/mol. The van der Waals surface area contributed by atoms with Crippen molar-refractivity contribution in [2.45, 2.75) is 26.7 Å². The smallest absolute Gasteiger partial charge is 0.297 e. The first-order valence-electron chi connectivity index (χ1n) is 5.43. The van der Waals surface area contributed by atoms with Crippen LogP contribution in [0.1, 0.15) is 37.2 Å². The maximum absolute atomic E-state index is 11.6. The first-order valence-corrected chi connectivity index (χ1v) is 5.43. The zero-order valence-electron chi connectivity index (χ0n) is 9.19. The summed E-state index contributed by atoms with van der Waals surface area (Å²) in [7, 11) is 0. The summed E-state index contributed by atoms with van der Waals surface area (Å²) in [4.78, 5) is 17.9. The van der Waals surface area contributed by atoms with Crippen LogP contribution in [0.2, 0.25) is 0 Å². The Kier molecular flexibility index (Phi) is 2.75. The average Bonchev–Trinajstić information content (AvgIpc) is 2.86. The van der Waals surface area contributed by atoms with Gasteiger partial charge in [0.05, 0.1) is 0 Å². The van der Waals surface area contributed by atoms with E-state index in [9.17, 15) is 4.79 Å². The summed E-state index contributed by atoms with van der Waals surface area (Å²) in [5, 5.41) is 0. The van der Waals surface area contributed by atoms with Crippen LogP contribution in [0.3, 0.4) is 0 Å². The monoisotopic (exact) mass is 208 g/mol. The molecule has 1 fully saturated rings. The Balaban J connectivity index is 2.12. The molecule has 0 aliphatic carbocycles. The largest absolute Gasteiger partial charge is 0.431 e. The van der Waals surface area contributed by atoms with Crippen molar-refractivity contribution >= 4 is 11.8 Å². The number of aromatic nitrogens is 1. The molecule has 1 aliphatic heterocycles. The van der Waals surface area contributed by atoms with Crippen LogP contribution in [0, 0.1) is 5.92 Å². The number of carbonyl (C=O) groups excluding carboxylic acids is 1. The van der Waals surface area contributed by atoms with Gasteiger partial charge in [-0.25, -0.2) is 0 Å². The number of hydrogen-bond acceptors (Lipinski definition) is 4. The molecule has 2 rings (SSSR count). The maximum atomic E-state index is 11.6. The molecule has 2 heterocycles. The third-order valence-corrected chi connectivity index (χ3v) is 2.65. The van der Waals surface area contributed by atoms with Gasteiger partial charge in [0.25, 0.3) is 6.01 Å². The van der Waals surface area contributed by atoms with Crippen molar-refractivity contribution in [3.63, 3.8) is 0 Å². The minimum atomic E-state index is -0.0264. The number of nitrogens with zero attached hydrogens (tertiary/aromatic N) is 2. The lowest BCUT2D eigenvalue weighted by atomic mass is 10.1. The Hall–Kier alpha value is -1.32. The first kappa shape index (κ1) is 10.2. The van der Waals surface area contributed by atoms with Crippen molar-refractivity contribution in [1.82, 2.24) is 4.98 Å². The summed E-state index contributed by atoms with van der Waals surface area (Å²) in [5.74, 6) is 0.0192. The van der Waals surface area contributed by atoms with Crippen molar-refractivity contribution in [2.75, 3.05) is 18.0 Å². The third kappa shape index (κ3) is 2.03. The van der Waals surface area contributed by atoms with Gasteiger partial charge in [0, 0.05) is 19.0 Å². The molecule has 1 saturated heterocycles. The van der Waals surface area contributed by atoms with Crippen LogP contribution in [0.15, 0.2) is 10.7 Å². The normalized spacial score (nSPS) is 16.3. The zero-order chi connectivity index (χ0) is 10.8. The molecule has 1 aliphatic rings. The maximum Gasteiger partial charge on any atom is 0.297 e. The number of Topliss-reactive ketones (excluding diaryl/α,β-unsaturated/α-hetero) is 1. The Bertz CT molecular complexity index is 351. The van der Waals surface area contributed by atoms with Gasteiger partial charge >= 0.3 is 0 Å². The topological polar surface area (TPSA) is 46.3 Å². The Morgan fingerprint density at radius 2 is 2.13 bits per heavy atom. The highest BCUT2D eigenvalue weighted by Gasteiger charge is 2.20. The second kappa shape index (κ2) is 4.04. The van der Waals surface area contributed by atoms with Crippen molar-refractivity contribution in [2.24, 2.45) is 5.92 Å². The van der Waals surface area contributed by atoms with Crippen LogP contribution in [-0.4, -0.2) is 23.9 Å². The molecule has 4 nitrogen and oxygen atoms in total. The molecule has 4 heteroatoms. The molecular formula is C11H16N2O2. The van der Waals surface area contributed by atoms with Gasteiger partial charge in [-0.1, -0.05) is 13.8 Å². The van der Waals surface area contributed by atoms with E-state index in [0.717, 1.165) is 13.1 Å². The van der Waals surface area contributed by atoms with Crippen molar-refractivity contribution in [3.8, 4) is 0 Å². The van der Waals surface area contributed by atoms with Crippen molar-refractivity contribution < 1.29 is 9.21 Å². The van der Waals surface area contributed by atoms with Crippen LogP contribution in [0.25, 0.3) is 0 Å². The van der Waals surface area contributed by atoms with Gasteiger partial charge in [-0.05, 0) is 12.8 Å². The van der Waals surface area contributed by atoms with Crippen LogP contribution in [0.4, 0.5) is 6.01 Å². The van der Waals surface area contributed by atoms with Gasteiger partial charge in [0.1, 0.15) is 12.0 Å². The van der Waals surface area contributed by atoms with Gasteiger partial charge < -0.3 is 9.32 Å². The number of oxazole rings is 1. The van der Waals surface area contributed by atoms with Gasteiger partial charge in [-0.2, -0.15) is 4.98 Å². The number of ketones is 1. The highest BCUT2D eigenvalue weighted by atomic mass is 16.4. The van der Waals surface area contributed by atoms with Gasteiger partial charge in [-0.15, -0.1) is 0 Å². The second-order valence-corrected chi connectivity index (χ2v) is 4.23. The molecule has 1 aromatic rings. The Labute approximate surface area is 89.3 Å². The molecular weight excluding hydrogens is 192 g/mol. The SMILES string of the molecule is CC(C)C(=O)c1coc(N2CCCC2)n1. The number of rotatable bonds is 3. The average molecular weight is 208 g/mol. The first-order chi connectivity index (χ1) is 7.18. The number of hydrogen-bond donors (Lipinski definition) is 0. The van der Waals surface area contributed by atoms with E-state index in [1.807, 2.05) is 13.8 Å². The molecule has 0 radical (unpaired) electrons. The number of carbonyl (C=O) groups is 1. The minimum absolute atomic E-state index is 0.0264. The van der Waals surface area contributed by atoms with Crippen LogP contribution >= 0.6 is 0 Å². The predicted octanol–water partition coefficient (Wildman–Crippen LogP) is 2.11. The third-order valence-electron chi connectivity index (χ3n) is 2.65. The molecule has 15 heavy (non-hydrogen) atoms. The summed E-state index contributed by atoms with van der Waals surface area (Å²) < 4.78 is 5.31. The van der Waals surface area contributed by atoms with E-state index in [-0.39, 0.29) is 11.7 Å². The lowest BCUT2D eigenvalue weighted by molar-refractivity contribution is 0.0934. The molecule has 0 saturated carbocycles. The molecule has 0 atom stereocenters. The zero-order valence-corrected chi connectivity index (χ0v) is 9.19. The standard InChI is InChI=1S/C11H16N2O2/c1-8(2)10(14)9-7-15-11(12-9)13-5-3-4-6-13/h7-8H,3-6H2,1-2H3. The highest BCUT2D eigenvalue weighted by Crippen LogP contribution is 2.20. The quantitative estimate of drug-likeness (QED) is 0.714. The van der Waals surface area contributed by atoms with Gasteiger partial charge in [0.15, 0.2) is 5.78 Å². The second-order valence-electron chi connectivity index (χ2n) is 4.23. The molecule has 1 aromatic heterocycles. The van der Waals surface area contributed by atoms with Gasteiger partial charge in [0.2, 0.25) is 0 Å². The van der Waals surface area contributed by atoms with Crippen molar-refractivity contribution in [1.29, 1.82) is 0 Å². The lowest BCUT2D eigenvalue weighted by Crippen LogP contribution is -2.18. The summed E-state index contributed by atoms with van der Waals surface area (Å²) in [6.45, 7) is 5.70. The number of anilines is 1. The highest BCUT2D eigenvalue weighted by molar-refractivity contribution is 5.95. The summed E-state index contributed by atoms with van der Waals surface area (Å²) >= 11 is 0. The molecule has 0 bridgehead atoms. The fourth-order valence-corrected chi connectivity index (χ4v) is 1.73. The van der Waals surface area contributed by atoms with E-state index in [4.69, 9.17) is 4.42 Å². The van der Waals surface area contributed by atoms with Crippen LogP contribution in [0.5, 0.6) is 0 Å². The molecule has 0 spiro atoms. The molecule has 0 aromatic carbocycles. The van der Waals surface area contributed by atoms with E-state index in [1.54, 1.807) is 0 Å². The van der Waals surface area contributed by atoms with E-state index in [0.29, 0.717) is 11.7 Å². The van der Waals surface area contributed by atoms with Crippen LogP contribution < -0.4 is 4.90 Å². The fraction of sp³-hybridized carbons (Fsp3) is 0.636. The molecule has 0 amide bonds.